The summed E-state index contributed by atoms with van der Waals surface area (Å²) in [5.41, 5.74) is 2.65. The molecule has 0 unspecified atom stereocenters. The van der Waals surface area contributed by atoms with Crippen molar-refractivity contribution >= 4 is 51.7 Å². The monoisotopic (exact) mass is 406 g/mol. The number of amides is 2. The number of benzene rings is 1. The van der Waals surface area contributed by atoms with Gasteiger partial charge in [0.25, 0.3) is 0 Å². The number of aryl methyl sites for hydroxylation is 1. The molecule has 0 radical (unpaired) electrons. The second-order valence-corrected chi connectivity index (χ2v) is 8.40. The molecular formula is C19H23ClN4O2S. The van der Waals surface area contributed by atoms with Crippen LogP contribution in [0.4, 0.5) is 5.69 Å². The van der Waals surface area contributed by atoms with Crippen LogP contribution in [0.2, 0.25) is 5.02 Å². The average Bonchev–Trinajstić information content (AvgIpc) is 2.83. The molecule has 1 aromatic carbocycles. The summed E-state index contributed by atoms with van der Waals surface area (Å²) in [5, 5.41) is 14.5. The number of thioether (sulfide) groups is 1. The van der Waals surface area contributed by atoms with Crippen molar-refractivity contribution in [2.75, 3.05) is 5.32 Å². The van der Waals surface area contributed by atoms with E-state index in [4.69, 9.17) is 11.6 Å². The number of carbonyl (C=O) groups is 2. The lowest BCUT2D eigenvalue weighted by atomic mass is 10.2. The van der Waals surface area contributed by atoms with Gasteiger partial charge in [-0.15, -0.1) is 5.10 Å². The van der Waals surface area contributed by atoms with E-state index in [2.05, 4.69) is 20.8 Å². The normalized spacial score (nSPS) is 21.7. The maximum Gasteiger partial charge on any atom is 0.240 e. The minimum absolute atomic E-state index is 0.0671. The molecule has 1 atom stereocenters. The summed E-state index contributed by atoms with van der Waals surface area (Å²) in [4.78, 5) is 24.4. The SMILES string of the molecule is Cc1ccc(NC(=O)C[C@@H]2S/C(=N/N=C3CCCCCC3)NC2=O)cc1Cl. The molecular weight excluding hydrogens is 384 g/mol. The molecule has 1 saturated carbocycles. The molecule has 1 aliphatic carbocycles. The Bertz CT molecular complexity index is 784. The van der Waals surface area contributed by atoms with Crippen LogP contribution >= 0.6 is 23.4 Å². The smallest absolute Gasteiger partial charge is 0.240 e. The third-order valence-corrected chi connectivity index (χ3v) is 6.05. The molecule has 1 aliphatic heterocycles. The first kappa shape index (κ1) is 19.9. The number of halogens is 1. The first-order valence-corrected chi connectivity index (χ1v) is 10.4. The van der Waals surface area contributed by atoms with Crippen LogP contribution in [-0.4, -0.2) is 27.9 Å². The van der Waals surface area contributed by atoms with Crippen LogP contribution < -0.4 is 10.6 Å². The van der Waals surface area contributed by atoms with Gasteiger partial charge in [0, 0.05) is 22.8 Å². The molecule has 1 aromatic rings. The van der Waals surface area contributed by atoms with Crippen LogP contribution in [0.25, 0.3) is 0 Å². The summed E-state index contributed by atoms with van der Waals surface area (Å²) in [6.07, 6.45) is 6.79. The fourth-order valence-corrected chi connectivity index (χ4v) is 4.09. The van der Waals surface area contributed by atoms with Crippen LogP contribution in [0.1, 0.15) is 50.5 Å². The Hall–Kier alpha value is -1.86. The summed E-state index contributed by atoms with van der Waals surface area (Å²) in [6.45, 7) is 1.90. The van der Waals surface area contributed by atoms with Crippen molar-refractivity contribution in [3.63, 3.8) is 0 Å². The quantitative estimate of drug-likeness (QED) is 0.578. The standard InChI is InChI=1S/C19H23ClN4O2S/c1-12-8-9-14(10-15(12)20)21-17(25)11-16-18(26)22-19(27-16)24-23-13-6-4-2-3-5-7-13/h8-10,16H,2-7,11H2,1H3,(H,21,25)(H,22,24,26)/t16-/m0/s1. The Labute approximate surface area is 168 Å². The molecule has 3 rings (SSSR count). The predicted molar refractivity (Wildman–Crippen MR) is 112 cm³/mol. The maximum absolute atomic E-state index is 12.2. The van der Waals surface area contributed by atoms with E-state index in [1.165, 1.54) is 24.6 Å². The molecule has 0 bridgehead atoms. The van der Waals surface area contributed by atoms with Gasteiger partial charge in [-0.05, 0) is 50.3 Å². The highest BCUT2D eigenvalue weighted by Gasteiger charge is 2.32. The molecule has 2 amide bonds. The fourth-order valence-electron chi connectivity index (χ4n) is 2.99. The van der Waals surface area contributed by atoms with E-state index < -0.39 is 5.25 Å². The topological polar surface area (TPSA) is 82.9 Å². The lowest BCUT2D eigenvalue weighted by molar-refractivity contribution is -0.122. The summed E-state index contributed by atoms with van der Waals surface area (Å²) < 4.78 is 0. The number of anilines is 1. The lowest BCUT2D eigenvalue weighted by Crippen LogP contribution is -2.28. The Morgan fingerprint density at radius 2 is 2.00 bits per heavy atom. The summed E-state index contributed by atoms with van der Waals surface area (Å²) in [6, 6.07) is 5.33. The Kier molecular flexibility index (Phi) is 6.90. The number of hydrogen-bond donors (Lipinski definition) is 2. The van der Waals surface area contributed by atoms with Gasteiger partial charge in [0.1, 0.15) is 5.25 Å². The zero-order valence-electron chi connectivity index (χ0n) is 15.3. The van der Waals surface area contributed by atoms with E-state index >= 15 is 0 Å². The molecule has 1 saturated heterocycles. The van der Waals surface area contributed by atoms with Gasteiger partial charge < -0.3 is 10.6 Å². The summed E-state index contributed by atoms with van der Waals surface area (Å²) in [5.74, 6) is -0.448. The minimum atomic E-state index is -0.501. The zero-order chi connectivity index (χ0) is 19.2. The van der Waals surface area contributed by atoms with Crippen LogP contribution in [0.15, 0.2) is 28.4 Å². The fraction of sp³-hybridized carbons (Fsp3) is 0.474. The van der Waals surface area contributed by atoms with Gasteiger partial charge in [-0.1, -0.05) is 42.3 Å². The van der Waals surface area contributed by atoms with E-state index in [1.54, 1.807) is 12.1 Å². The molecule has 0 aromatic heterocycles. The minimum Gasteiger partial charge on any atom is -0.326 e. The third kappa shape index (κ3) is 5.81. The van der Waals surface area contributed by atoms with E-state index in [-0.39, 0.29) is 18.2 Å². The molecule has 2 N–H and O–H groups in total. The summed E-state index contributed by atoms with van der Waals surface area (Å²) in [7, 11) is 0. The van der Waals surface area contributed by atoms with Gasteiger partial charge in [-0.3, -0.25) is 9.59 Å². The summed E-state index contributed by atoms with van der Waals surface area (Å²) >= 11 is 7.32. The van der Waals surface area contributed by atoms with Crippen molar-refractivity contribution in [2.24, 2.45) is 10.2 Å². The molecule has 27 heavy (non-hydrogen) atoms. The largest absolute Gasteiger partial charge is 0.326 e. The Morgan fingerprint density at radius 1 is 1.26 bits per heavy atom. The van der Waals surface area contributed by atoms with Gasteiger partial charge in [0.2, 0.25) is 11.8 Å². The van der Waals surface area contributed by atoms with Gasteiger partial charge in [0.05, 0.1) is 0 Å². The Morgan fingerprint density at radius 3 is 2.70 bits per heavy atom. The molecule has 1 heterocycles. The van der Waals surface area contributed by atoms with Crippen molar-refractivity contribution < 1.29 is 9.59 Å². The number of nitrogens with one attached hydrogen (secondary N) is 2. The van der Waals surface area contributed by atoms with Gasteiger partial charge in [-0.25, -0.2) is 0 Å². The van der Waals surface area contributed by atoms with Crippen LogP contribution in [-0.2, 0) is 9.59 Å². The van der Waals surface area contributed by atoms with Crippen molar-refractivity contribution in [1.82, 2.24) is 5.32 Å². The van der Waals surface area contributed by atoms with E-state index in [1.807, 2.05) is 13.0 Å². The van der Waals surface area contributed by atoms with Gasteiger partial charge in [0.15, 0.2) is 5.17 Å². The first-order valence-electron chi connectivity index (χ1n) is 9.18. The highest BCUT2D eigenvalue weighted by atomic mass is 35.5. The highest BCUT2D eigenvalue weighted by molar-refractivity contribution is 8.15. The number of rotatable bonds is 4. The van der Waals surface area contributed by atoms with Crippen molar-refractivity contribution in [3.05, 3.63) is 28.8 Å². The van der Waals surface area contributed by atoms with Crippen molar-refractivity contribution in [1.29, 1.82) is 0 Å². The molecule has 0 spiro atoms. The molecule has 2 fully saturated rings. The molecule has 2 aliphatic rings. The van der Waals surface area contributed by atoms with Gasteiger partial charge in [-0.2, -0.15) is 5.10 Å². The average molecular weight is 407 g/mol. The lowest BCUT2D eigenvalue weighted by Gasteiger charge is -2.08. The molecule has 6 nitrogen and oxygen atoms in total. The predicted octanol–water partition coefficient (Wildman–Crippen LogP) is 4.27. The number of carbonyl (C=O) groups excluding carboxylic acids is 2. The first-order chi connectivity index (χ1) is 13.0. The Balaban J connectivity index is 1.55. The number of nitrogens with zero attached hydrogens (tertiary/aromatic N) is 2. The zero-order valence-corrected chi connectivity index (χ0v) is 16.8. The van der Waals surface area contributed by atoms with E-state index in [0.29, 0.717) is 15.9 Å². The second-order valence-electron chi connectivity index (χ2n) is 6.80. The second kappa shape index (κ2) is 9.37. The molecule has 144 valence electrons. The number of amidine groups is 1. The van der Waals surface area contributed by atoms with Crippen molar-refractivity contribution in [2.45, 2.75) is 57.1 Å². The van der Waals surface area contributed by atoms with Gasteiger partial charge >= 0.3 is 0 Å². The maximum atomic E-state index is 12.2. The van der Waals surface area contributed by atoms with E-state index in [0.717, 1.165) is 37.0 Å². The van der Waals surface area contributed by atoms with Crippen LogP contribution in [0, 0.1) is 6.92 Å². The number of hydrogen-bond acceptors (Lipinski definition) is 5. The van der Waals surface area contributed by atoms with Crippen LogP contribution in [0.5, 0.6) is 0 Å². The highest BCUT2D eigenvalue weighted by Crippen LogP contribution is 2.25. The van der Waals surface area contributed by atoms with Crippen LogP contribution in [0.3, 0.4) is 0 Å². The molecule has 8 heteroatoms. The van der Waals surface area contributed by atoms with Crippen molar-refractivity contribution in [3.8, 4) is 0 Å². The van der Waals surface area contributed by atoms with E-state index in [9.17, 15) is 9.59 Å². The third-order valence-electron chi connectivity index (χ3n) is 4.57.